The van der Waals surface area contributed by atoms with Gasteiger partial charge in [-0.2, -0.15) is 0 Å². The lowest BCUT2D eigenvalue weighted by atomic mass is 9.98. The fourth-order valence-corrected chi connectivity index (χ4v) is 3.28. The van der Waals surface area contributed by atoms with Crippen molar-refractivity contribution in [3.05, 3.63) is 60.2 Å². The molecular weight excluding hydrogens is 354 g/mol. The molecule has 1 aliphatic rings. The topological polar surface area (TPSA) is 78.5 Å². The number of rotatable bonds is 7. The lowest BCUT2D eigenvalue weighted by Gasteiger charge is -2.29. The second-order valence-corrected chi connectivity index (χ2v) is 7.00. The molecule has 1 unspecified atom stereocenters. The number of benzene rings is 2. The third kappa shape index (κ3) is 4.97. The van der Waals surface area contributed by atoms with Gasteiger partial charge in [-0.3, -0.25) is 14.4 Å². The Morgan fingerprint density at radius 3 is 2.57 bits per heavy atom. The van der Waals surface area contributed by atoms with Crippen LogP contribution in [0.3, 0.4) is 0 Å². The second-order valence-electron chi connectivity index (χ2n) is 7.00. The molecule has 3 amide bonds. The van der Waals surface area contributed by atoms with Crippen molar-refractivity contribution in [1.82, 2.24) is 5.32 Å². The zero-order chi connectivity index (χ0) is 19.9. The SMILES string of the molecule is CC(CCNC(=O)CCC(=O)N1CC(=O)Nc2ccccc21)c1ccccc1. The average molecular weight is 379 g/mol. The third-order valence-electron chi connectivity index (χ3n) is 4.91. The summed E-state index contributed by atoms with van der Waals surface area (Å²) >= 11 is 0. The molecule has 28 heavy (non-hydrogen) atoms. The number of amides is 3. The molecule has 2 N–H and O–H groups in total. The average Bonchev–Trinajstić information content (AvgIpc) is 2.71. The maximum Gasteiger partial charge on any atom is 0.244 e. The highest BCUT2D eigenvalue weighted by atomic mass is 16.2. The summed E-state index contributed by atoms with van der Waals surface area (Å²) in [6, 6.07) is 17.3. The van der Waals surface area contributed by atoms with Crippen LogP contribution in [0.25, 0.3) is 0 Å². The lowest BCUT2D eigenvalue weighted by molar-refractivity contribution is -0.125. The summed E-state index contributed by atoms with van der Waals surface area (Å²) in [5.74, 6) is -0.253. The number of carbonyl (C=O) groups is 3. The number of carbonyl (C=O) groups excluding carboxylic acids is 3. The Labute approximate surface area is 164 Å². The van der Waals surface area contributed by atoms with Crippen LogP contribution in [0, 0.1) is 0 Å². The molecule has 146 valence electrons. The number of nitrogens with zero attached hydrogens (tertiary/aromatic N) is 1. The number of anilines is 2. The van der Waals surface area contributed by atoms with E-state index in [1.165, 1.54) is 10.5 Å². The fraction of sp³-hybridized carbons (Fsp3) is 0.318. The molecule has 6 nitrogen and oxygen atoms in total. The number of fused-ring (bicyclic) bond motifs is 1. The van der Waals surface area contributed by atoms with E-state index in [0.29, 0.717) is 23.8 Å². The van der Waals surface area contributed by atoms with Crippen LogP contribution in [0.4, 0.5) is 11.4 Å². The second kappa shape index (κ2) is 9.17. The van der Waals surface area contributed by atoms with Gasteiger partial charge in [-0.25, -0.2) is 0 Å². The zero-order valence-corrected chi connectivity index (χ0v) is 16.0. The minimum atomic E-state index is -0.230. The maximum absolute atomic E-state index is 12.5. The zero-order valence-electron chi connectivity index (χ0n) is 16.0. The molecule has 0 fully saturated rings. The standard InChI is InChI=1S/C22H25N3O3/c1-16(17-7-3-2-4-8-17)13-14-23-20(26)11-12-22(28)25-15-21(27)24-18-9-5-6-10-19(18)25/h2-10,16H,11-15H2,1H3,(H,23,26)(H,24,27). The third-order valence-corrected chi connectivity index (χ3v) is 4.91. The van der Waals surface area contributed by atoms with Crippen LogP contribution in [-0.2, 0) is 14.4 Å². The van der Waals surface area contributed by atoms with Crippen molar-refractivity contribution in [1.29, 1.82) is 0 Å². The molecule has 0 radical (unpaired) electrons. The first kappa shape index (κ1) is 19.6. The van der Waals surface area contributed by atoms with E-state index in [4.69, 9.17) is 0 Å². The van der Waals surface area contributed by atoms with Crippen LogP contribution in [0.15, 0.2) is 54.6 Å². The predicted molar refractivity (Wildman–Crippen MR) is 109 cm³/mol. The van der Waals surface area contributed by atoms with Crippen molar-refractivity contribution < 1.29 is 14.4 Å². The van der Waals surface area contributed by atoms with E-state index < -0.39 is 0 Å². The van der Waals surface area contributed by atoms with E-state index in [9.17, 15) is 14.4 Å². The number of para-hydroxylation sites is 2. The monoisotopic (exact) mass is 379 g/mol. The summed E-state index contributed by atoms with van der Waals surface area (Å²) in [4.78, 5) is 37.9. The van der Waals surface area contributed by atoms with Crippen LogP contribution in [0.5, 0.6) is 0 Å². The van der Waals surface area contributed by atoms with E-state index >= 15 is 0 Å². The summed E-state index contributed by atoms with van der Waals surface area (Å²) in [5.41, 5.74) is 2.53. The van der Waals surface area contributed by atoms with Crippen molar-refractivity contribution >= 4 is 29.1 Å². The highest BCUT2D eigenvalue weighted by Crippen LogP contribution is 2.29. The quantitative estimate of drug-likeness (QED) is 0.776. The van der Waals surface area contributed by atoms with E-state index in [0.717, 1.165) is 6.42 Å². The molecule has 3 rings (SSSR count). The first-order valence-electron chi connectivity index (χ1n) is 9.55. The van der Waals surface area contributed by atoms with Crippen molar-refractivity contribution in [3.8, 4) is 0 Å². The molecule has 1 atom stereocenters. The van der Waals surface area contributed by atoms with Crippen molar-refractivity contribution in [2.24, 2.45) is 0 Å². The Hall–Kier alpha value is -3.15. The van der Waals surface area contributed by atoms with Gasteiger partial charge in [0.15, 0.2) is 0 Å². The van der Waals surface area contributed by atoms with Crippen LogP contribution < -0.4 is 15.5 Å². The highest BCUT2D eigenvalue weighted by Gasteiger charge is 2.26. The first-order valence-corrected chi connectivity index (χ1v) is 9.55. The van der Waals surface area contributed by atoms with Gasteiger partial charge in [-0.05, 0) is 30.0 Å². The van der Waals surface area contributed by atoms with Crippen molar-refractivity contribution in [2.45, 2.75) is 32.1 Å². The molecule has 1 aliphatic heterocycles. The maximum atomic E-state index is 12.5. The van der Waals surface area contributed by atoms with Gasteiger partial charge in [0, 0.05) is 19.4 Å². The van der Waals surface area contributed by atoms with Gasteiger partial charge in [-0.15, -0.1) is 0 Å². The van der Waals surface area contributed by atoms with Gasteiger partial charge >= 0.3 is 0 Å². The Kier molecular flexibility index (Phi) is 6.42. The van der Waals surface area contributed by atoms with Gasteiger partial charge in [0.25, 0.3) is 0 Å². The molecule has 0 spiro atoms. The van der Waals surface area contributed by atoms with E-state index in [1.54, 1.807) is 18.2 Å². The molecule has 2 aromatic rings. The van der Waals surface area contributed by atoms with E-state index in [-0.39, 0.29) is 37.1 Å². The Morgan fingerprint density at radius 1 is 1.07 bits per heavy atom. The van der Waals surface area contributed by atoms with Crippen LogP contribution in [-0.4, -0.2) is 30.8 Å². The van der Waals surface area contributed by atoms with Crippen molar-refractivity contribution in [3.63, 3.8) is 0 Å². The minimum absolute atomic E-state index is 0.0218. The van der Waals surface area contributed by atoms with Gasteiger partial charge in [0.05, 0.1) is 11.4 Å². The Morgan fingerprint density at radius 2 is 1.79 bits per heavy atom. The Bertz CT molecular complexity index is 851. The van der Waals surface area contributed by atoms with Crippen molar-refractivity contribution in [2.75, 3.05) is 23.3 Å². The summed E-state index contributed by atoms with van der Waals surface area (Å²) in [5, 5.41) is 5.63. The summed E-state index contributed by atoms with van der Waals surface area (Å²) < 4.78 is 0. The smallest absolute Gasteiger partial charge is 0.244 e. The van der Waals surface area contributed by atoms with Crippen LogP contribution in [0.1, 0.15) is 37.7 Å². The van der Waals surface area contributed by atoms with Gasteiger partial charge in [0.1, 0.15) is 6.54 Å². The summed E-state index contributed by atoms with van der Waals surface area (Å²) in [7, 11) is 0. The predicted octanol–water partition coefficient (Wildman–Crippen LogP) is 3.06. The molecule has 0 aromatic heterocycles. The molecule has 0 bridgehead atoms. The normalized spacial score (nSPS) is 14.0. The first-order chi connectivity index (χ1) is 13.5. The number of nitrogens with one attached hydrogen (secondary N) is 2. The molecule has 0 saturated carbocycles. The minimum Gasteiger partial charge on any atom is -0.356 e. The fourth-order valence-electron chi connectivity index (χ4n) is 3.28. The van der Waals surface area contributed by atoms with Gasteiger partial charge in [-0.1, -0.05) is 49.4 Å². The molecule has 0 aliphatic carbocycles. The number of hydrogen-bond acceptors (Lipinski definition) is 3. The largest absolute Gasteiger partial charge is 0.356 e. The van der Waals surface area contributed by atoms with Gasteiger partial charge < -0.3 is 15.5 Å². The Balaban J connectivity index is 1.45. The summed E-state index contributed by atoms with van der Waals surface area (Å²) in [6.07, 6.45) is 1.02. The molecular formula is C22H25N3O3. The van der Waals surface area contributed by atoms with Crippen LogP contribution >= 0.6 is 0 Å². The van der Waals surface area contributed by atoms with Gasteiger partial charge in [0.2, 0.25) is 17.7 Å². The van der Waals surface area contributed by atoms with E-state index in [2.05, 4.69) is 29.7 Å². The van der Waals surface area contributed by atoms with E-state index in [1.807, 2.05) is 24.3 Å². The van der Waals surface area contributed by atoms with Crippen LogP contribution in [0.2, 0.25) is 0 Å². The highest BCUT2D eigenvalue weighted by molar-refractivity contribution is 6.10. The number of hydrogen-bond donors (Lipinski definition) is 2. The summed E-state index contributed by atoms with van der Waals surface area (Å²) in [6.45, 7) is 2.67. The molecule has 6 heteroatoms. The molecule has 0 saturated heterocycles. The molecule has 2 aromatic carbocycles. The lowest BCUT2D eigenvalue weighted by Crippen LogP contribution is -2.42. The molecule has 1 heterocycles.